The van der Waals surface area contributed by atoms with E-state index in [1.807, 2.05) is 13.0 Å². The van der Waals surface area contributed by atoms with Crippen LogP contribution in [0.25, 0.3) is 0 Å². The van der Waals surface area contributed by atoms with E-state index >= 15 is 0 Å². The summed E-state index contributed by atoms with van der Waals surface area (Å²) in [7, 11) is -3.13. The second kappa shape index (κ2) is 8.72. The molecule has 1 heterocycles. The smallest absolute Gasteiger partial charge is 0.261 e. The number of hydrogen-bond acceptors (Lipinski definition) is 4. The number of hydrogen-bond donors (Lipinski definition) is 0. The van der Waals surface area contributed by atoms with E-state index < -0.39 is 9.84 Å². The van der Waals surface area contributed by atoms with Crippen molar-refractivity contribution < 1.29 is 17.9 Å². The van der Waals surface area contributed by atoms with Gasteiger partial charge in [0.05, 0.1) is 11.5 Å². The molecule has 8 heteroatoms. The lowest BCUT2D eigenvalue weighted by Crippen LogP contribution is -2.43. The van der Waals surface area contributed by atoms with Crippen LogP contribution in [0.4, 0.5) is 0 Å². The molecule has 3 rings (SSSR count). The molecule has 0 radical (unpaired) electrons. The van der Waals surface area contributed by atoms with E-state index in [1.165, 1.54) is 0 Å². The Morgan fingerprint density at radius 3 is 2.64 bits per heavy atom. The zero-order valence-corrected chi connectivity index (χ0v) is 17.7. The lowest BCUT2D eigenvalue weighted by atomic mass is 10.1. The lowest BCUT2D eigenvalue weighted by molar-refractivity contribution is -0.136. The van der Waals surface area contributed by atoms with Gasteiger partial charge < -0.3 is 9.64 Å². The fraction of sp³-hybridized carbons (Fsp3) is 0.350. The Labute approximate surface area is 175 Å². The van der Waals surface area contributed by atoms with Gasteiger partial charge in [-0.05, 0) is 54.8 Å². The Hall–Kier alpha value is -1.76. The summed E-state index contributed by atoms with van der Waals surface area (Å²) in [6, 6.07) is 12.0. The predicted octanol–water partition coefficient (Wildman–Crippen LogP) is 3.90. The minimum absolute atomic E-state index is 0.0284. The van der Waals surface area contributed by atoms with E-state index in [0.29, 0.717) is 22.2 Å². The first-order valence-electron chi connectivity index (χ1n) is 8.87. The van der Waals surface area contributed by atoms with Gasteiger partial charge in [-0.25, -0.2) is 8.42 Å². The van der Waals surface area contributed by atoms with Crippen molar-refractivity contribution in [1.29, 1.82) is 0 Å². The fourth-order valence-corrected chi connectivity index (χ4v) is 5.27. The van der Waals surface area contributed by atoms with Gasteiger partial charge in [-0.2, -0.15) is 0 Å². The van der Waals surface area contributed by atoms with Gasteiger partial charge in [-0.3, -0.25) is 4.79 Å². The number of benzene rings is 2. The summed E-state index contributed by atoms with van der Waals surface area (Å²) in [4.78, 5) is 14.5. The predicted molar refractivity (Wildman–Crippen MR) is 111 cm³/mol. The molecule has 2 aromatic carbocycles. The van der Waals surface area contributed by atoms with Crippen molar-refractivity contribution in [1.82, 2.24) is 4.90 Å². The second-order valence-corrected chi connectivity index (χ2v) is 9.98. The quantitative estimate of drug-likeness (QED) is 0.681. The van der Waals surface area contributed by atoms with Crippen LogP contribution in [0.1, 0.15) is 17.5 Å². The molecule has 150 valence electrons. The molecule has 2 aromatic rings. The number of halogens is 2. The molecule has 0 N–H and O–H groups in total. The molecular weight excluding hydrogens is 421 g/mol. The van der Waals surface area contributed by atoms with Crippen molar-refractivity contribution in [3.05, 3.63) is 63.6 Å². The van der Waals surface area contributed by atoms with Crippen LogP contribution in [-0.2, 0) is 21.2 Å². The molecule has 1 aliphatic heterocycles. The summed E-state index contributed by atoms with van der Waals surface area (Å²) in [5.41, 5.74) is 1.69. The van der Waals surface area contributed by atoms with Gasteiger partial charge in [-0.15, -0.1) is 0 Å². The van der Waals surface area contributed by atoms with Gasteiger partial charge in [0.15, 0.2) is 16.4 Å². The Bertz CT molecular complexity index is 978. The molecule has 1 aliphatic rings. The van der Waals surface area contributed by atoms with Crippen LogP contribution >= 0.6 is 23.2 Å². The molecule has 0 aromatic heterocycles. The van der Waals surface area contributed by atoms with E-state index in [2.05, 4.69) is 0 Å². The highest BCUT2D eigenvalue weighted by Gasteiger charge is 2.34. The van der Waals surface area contributed by atoms with Crippen molar-refractivity contribution in [2.45, 2.75) is 25.9 Å². The number of carbonyl (C=O) groups is 1. The normalized spacial score (nSPS) is 18.0. The van der Waals surface area contributed by atoms with Crippen LogP contribution in [0.15, 0.2) is 42.5 Å². The molecule has 0 bridgehead atoms. The summed E-state index contributed by atoms with van der Waals surface area (Å²) >= 11 is 12.1. The zero-order valence-electron chi connectivity index (χ0n) is 15.4. The Kier molecular flexibility index (Phi) is 6.53. The van der Waals surface area contributed by atoms with Crippen molar-refractivity contribution in [3.63, 3.8) is 0 Å². The monoisotopic (exact) mass is 441 g/mol. The van der Waals surface area contributed by atoms with Crippen molar-refractivity contribution in [2.24, 2.45) is 0 Å². The van der Waals surface area contributed by atoms with E-state index in [9.17, 15) is 13.2 Å². The third-order valence-corrected chi connectivity index (χ3v) is 7.11. The maximum atomic E-state index is 12.9. The van der Waals surface area contributed by atoms with E-state index in [-0.39, 0.29) is 36.6 Å². The van der Waals surface area contributed by atoms with Gasteiger partial charge in [0.1, 0.15) is 5.75 Å². The number of carbonyl (C=O) groups excluding carboxylic acids is 1. The Morgan fingerprint density at radius 1 is 1.21 bits per heavy atom. The first-order valence-corrected chi connectivity index (χ1v) is 11.4. The van der Waals surface area contributed by atoms with Gasteiger partial charge >= 0.3 is 0 Å². The highest BCUT2D eigenvalue weighted by atomic mass is 35.5. The van der Waals surface area contributed by atoms with Crippen LogP contribution < -0.4 is 4.74 Å². The largest absolute Gasteiger partial charge is 0.484 e. The minimum atomic E-state index is -3.13. The minimum Gasteiger partial charge on any atom is -0.484 e. The SMILES string of the molecule is Cc1cc(OCC(=O)N(Cc2cccc(Cl)c2)[C@@H]2CCS(=O)(=O)C2)ccc1Cl. The number of sulfone groups is 1. The Balaban J connectivity index is 1.75. The van der Waals surface area contributed by atoms with Gasteiger partial charge in [-0.1, -0.05) is 35.3 Å². The topological polar surface area (TPSA) is 63.7 Å². The number of amides is 1. The molecule has 0 aliphatic carbocycles. The fourth-order valence-electron chi connectivity index (χ4n) is 3.21. The van der Waals surface area contributed by atoms with Gasteiger partial charge in [0, 0.05) is 22.6 Å². The van der Waals surface area contributed by atoms with E-state index in [4.69, 9.17) is 27.9 Å². The van der Waals surface area contributed by atoms with E-state index in [0.717, 1.165) is 11.1 Å². The number of nitrogens with zero attached hydrogens (tertiary/aromatic N) is 1. The molecule has 1 fully saturated rings. The number of aryl methyl sites for hydroxylation is 1. The van der Waals surface area contributed by atoms with Crippen LogP contribution in [0.3, 0.4) is 0 Å². The van der Waals surface area contributed by atoms with E-state index in [1.54, 1.807) is 41.3 Å². The van der Waals surface area contributed by atoms with Crippen molar-refractivity contribution >= 4 is 38.9 Å². The first kappa shape index (κ1) is 21.0. The van der Waals surface area contributed by atoms with Gasteiger partial charge in [0.2, 0.25) is 0 Å². The maximum Gasteiger partial charge on any atom is 0.261 e. The van der Waals surface area contributed by atoms with Crippen LogP contribution in [-0.4, -0.2) is 43.4 Å². The molecule has 0 spiro atoms. The summed E-state index contributed by atoms with van der Waals surface area (Å²) in [5.74, 6) is 0.333. The zero-order chi connectivity index (χ0) is 20.3. The van der Waals surface area contributed by atoms with Crippen LogP contribution in [0.5, 0.6) is 5.75 Å². The summed E-state index contributed by atoms with van der Waals surface area (Å²) in [5, 5.41) is 1.19. The summed E-state index contributed by atoms with van der Waals surface area (Å²) in [6.45, 7) is 1.95. The summed E-state index contributed by atoms with van der Waals surface area (Å²) < 4.78 is 29.5. The van der Waals surface area contributed by atoms with Crippen LogP contribution in [0, 0.1) is 6.92 Å². The molecule has 5 nitrogen and oxygen atoms in total. The molecule has 0 saturated carbocycles. The lowest BCUT2D eigenvalue weighted by Gasteiger charge is -2.28. The molecule has 1 amide bonds. The third kappa shape index (κ3) is 5.40. The highest BCUT2D eigenvalue weighted by molar-refractivity contribution is 7.91. The van der Waals surface area contributed by atoms with Crippen LogP contribution in [0.2, 0.25) is 10.0 Å². The molecular formula is C20H21Cl2NO4S. The molecule has 0 unspecified atom stereocenters. The van der Waals surface area contributed by atoms with Crippen molar-refractivity contribution in [3.8, 4) is 5.75 Å². The van der Waals surface area contributed by atoms with Crippen molar-refractivity contribution in [2.75, 3.05) is 18.1 Å². The first-order chi connectivity index (χ1) is 13.2. The second-order valence-electron chi connectivity index (χ2n) is 6.91. The van der Waals surface area contributed by atoms with Gasteiger partial charge in [0.25, 0.3) is 5.91 Å². The summed E-state index contributed by atoms with van der Waals surface area (Å²) in [6.07, 6.45) is 0.425. The average Bonchev–Trinajstić information content (AvgIpc) is 3.00. The maximum absolute atomic E-state index is 12.9. The standard InChI is InChI=1S/C20H21Cl2NO4S/c1-14-9-18(5-6-19(14)22)27-12-20(24)23(17-7-8-28(25,26)13-17)11-15-3-2-4-16(21)10-15/h2-6,9-10,17H,7-8,11-13H2,1H3/t17-/m1/s1. The Morgan fingerprint density at radius 2 is 2.00 bits per heavy atom. The number of ether oxygens (including phenoxy) is 1. The number of rotatable bonds is 6. The average molecular weight is 442 g/mol. The third-order valence-electron chi connectivity index (χ3n) is 4.70. The highest BCUT2D eigenvalue weighted by Crippen LogP contribution is 2.23. The molecule has 1 atom stereocenters. The molecule has 1 saturated heterocycles. The molecule has 28 heavy (non-hydrogen) atoms.